The number of esters is 1. The molecule has 1 amide bonds. The molecule has 2 aromatic carbocycles. The van der Waals surface area contributed by atoms with Gasteiger partial charge in [-0.1, -0.05) is 18.2 Å². The number of nitrogens with one attached hydrogen (secondary N) is 1. The molecule has 0 saturated carbocycles. The normalized spacial score (nSPS) is 14.9. The van der Waals surface area contributed by atoms with Crippen LogP contribution in [0, 0.1) is 0 Å². The van der Waals surface area contributed by atoms with Gasteiger partial charge < -0.3 is 19.5 Å². The Balaban J connectivity index is 1.54. The van der Waals surface area contributed by atoms with E-state index in [1.807, 2.05) is 25.1 Å². The molecule has 1 atom stereocenters. The summed E-state index contributed by atoms with van der Waals surface area (Å²) < 4.78 is 15.8. The van der Waals surface area contributed by atoms with Crippen LogP contribution in [-0.2, 0) is 14.3 Å². The Kier molecular flexibility index (Phi) is 6.51. The van der Waals surface area contributed by atoms with Crippen LogP contribution < -0.4 is 14.8 Å². The molecule has 1 heterocycles. The average molecular weight is 409 g/mol. The number of ketones is 1. The van der Waals surface area contributed by atoms with E-state index in [1.165, 1.54) is 7.11 Å². The molecule has 0 aromatic heterocycles. The van der Waals surface area contributed by atoms with Crippen molar-refractivity contribution in [1.82, 2.24) is 0 Å². The molecule has 0 aliphatic carbocycles. The summed E-state index contributed by atoms with van der Waals surface area (Å²) >= 11 is 0. The number of anilines is 1. The molecule has 1 aliphatic heterocycles. The number of hydrogen-bond donors (Lipinski definition) is 1. The molecule has 2 aromatic rings. The van der Waals surface area contributed by atoms with E-state index in [1.54, 1.807) is 37.3 Å². The number of benzene rings is 2. The Morgan fingerprint density at radius 3 is 2.63 bits per heavy atom. The molecular formula is C23H23NO6. The van der Waals surface area contributed by atoms with Gasteiger partial charge >= 0.3 is 5.97 Å². The Labute approximate surface area is 174 Å². The van der Waals surface area contributed by atoms with Crippen molar-refractivity contribution < 1.29 is 28.6 Å². The molecule has 1 N–H and O–H groups in total. The second-order valence-corrected chi connectivity index (χ2v) is 6.80. The molecule has 7 heteroatoms. The fourth-order valence-electron chi connectivity index (χ4n) is 3.10. The maximum absolute atomic E-state index is 12.4. The summed E-state index contributed by atoms with van der Waals surface area (Å²) in [5.41, 5.74) is 2.78. The van der Waals surface area contributed by atoms with Crippen molar-refractivity contribution in [3.8, 4) is 11.5 Å². The smallest absolute Gasteiger partial charge is 0.344 e. The van der Waals surface area contributed by atoms with Crippen LogP contribution in [0.2, 0.25) is 0 Å². The molecule has 0 fully saturated rings. The van der Waals surface area contributed by atoms with Crippen LogP contribution in [0.4, 0.5) is 5.69 Å². The van der Waals surface area contributed by atoms with Crippen LogP contribution in [0.25, 0.3) is 6.08 Å². The number of carbonyl (C=O) groups excluding carboxylic acids is 3. The lowest BCUT2D eigenvalue weighted by molar-refractivity contribution is -0.144. The first-order valence-corrected chi connectivity index (χ1v) is 9.50. The summed E-state index contributed by atoms with van der Waals surface area (Å²) in [6.07, 6.45) is 3.82. The van der Waals surface area contributed by atoms with Crippen LogP contribution in [0.3, 0.4) is 0 Å². The summed E-state index contributed by atoms with van der Waals surface area (Å²) in [6.45, 7) is 2.92. The second kappa shape index (κ2) is 9.26. The van der Waals surface area contributed by atoms with Gasteiger partial charge in [-0.15, -0.1) is 0 Å². The number of allylic oxidation sites excluding steroid dienone is 1. The summed E-state index contributed by atoms with van der Waals surface area (Å²) in [5, 5.41) is 2.75. The zero-order chi connectivity index (χ0) is 21.7. The maximum atomic E-state index is 12.4. The molecule has 30 heavy (non-hydrogen) atoms. The summed E-state index contributed by atoms with van der Waals surface area (Å²) in [6, 6.07) is 10.3. The van der Waals surface area contributed by atoms with E-state index >= 15 is 0 Å². The zero-order valence-corrected chi connectivity index (χ0v) is 17.1. The van der Waals surface area contributed by atoms with Gasteiger partial charge in [-0.05, 0) is 55.3 Å². The Bertz CT molecular complexity index is 1010. The quantitative estimate of drug-likeness (QED) is 0.529. The van der Waals surface area contributed by atoms with Gasteiger partial charge in [0.15, 0.2) is 30.5 Å². The minimum atomic E-state index is -0.672. The van der Waals surface area contributed by atoms with Crippen molar-refractivity contribution >= 4 is 29.4 Å². The molecule has 0 bridgehead atoms. The lowest BCUT2D eigenvalue weighted by atomic mass is 9.99. The van der Waals surface area contributed by atoms with E-state index in [4.69, 9.17) is 14.2 Å². The molecular weight excluding hydrogens is 386 g/mol. The molecule has 3 rings (SSSR count). The number of methoxy groups -OCH3 is 1. The highest BCUT2D eigenvalue weighted by atomic mass is 16.6. The van der Waals surface area contributed by atoms with E-state index in [2.05, 4.69) is 5.32 Å². The SMILES string of the molecule is C/C=C/c1ccc(OCC(=O)OCC(=O)c2ccc3c(c2)[C@@H](C)C(=O)N3)c(OC)c1. The fourth-order valence-corrected chi connectivity index (χ4v) is 3.10. The number of carbonyl (C=O) groups is 3. The molecule has 7 nitrogen and oxygen atoms in total. The number of rotatable bonds is 8. The summed E-state index contributed by atoms with van der Waals surface area (Å²) in [5.74, 6) is -0.561. The van der Waals surface area contributed by atoms with Crippen LogP contribution in [0.1, 0.15) is 41.3 Å². The molecule has 156 valence electrons. The average Bonchev–Trinajstić information content (AvgIpc) is 3.04. The topological polar surface area (TPSA) is 90.9 Å². The zero-order valence-electron chi connectivity index (χ0n) is 17.1. The van der Waals surface area contributed by atoms with E-state index in [9.17, 15) is 14.4 Å². The third kappa shape index (κ3) is 4.68. The van der Waals surface area contributed by atoms with Crippen LogP contribution >= 0.6 is 0 Å². The fraction of sp³-hybridized carbons (Fsp3) is 0.261. The number of amides is 1. The van der Waals surface area contributed by atoms with Crippen molar-refractivity contribution in [2.75, 3.05) is 25.6 Å². The molecule has 0 spiro atoms. The summed E-state index contributed by atoms with van der Waals surface area (Å²) in [7, 11) is 1.51. The first-order chi connectivity index (χ1) is 14.4. The van der Waals surface area contributed by atoms with Crippen molar-refractivity contribution in [2.24, 2.45) is 0 Å². The van der Waals surface area contributed by atoms with Gasteiger partial charge in [-0.3, -0.25) is 9.59 Å². The van der Waals surface area contributed by atoms with Gasteiger partial charge in [0.05, 0.1) is 13.0 Å². The van der Waals surface area contributed by atoms with E-state index in [-0.39, 0.29) is 24.2 Å². The Morgan fingerprint density at radius 1 is 1.10 bits per heavy atom. The minimum absolute atomic E-state index is 0.104. The lowest BCUT2D eigenvalue weighted by Crippen LogP contribution is -2.19. The Morgan fingerprint density at radius 2 is 1.90 bits per heavy atom. The van der Waals surface area contributed by atoms with Crippen molar-refractivity contribution in [3.05, 3.63) is 59.2 Å². The predicted octanol–water partition coefficient (Wildman–Crippen LogP) is 3.59. The van der Waals surface area contributed by atoms with Crippen LogP contribution in [0.15, 0.2) is 42.5 Å². The van der Waals surface area contributed by atoms with Gasteiger partial charge in [0.25, 0.3) is 0 Å². The predicted molar refractivity (Wildman–Crippen MR) is 112 cm³/mol. The lowest BCUT2D eigenvalue weighted by Gasteiger charge is -2.11. The van der Waals surface area contributed by atoms with Crippen LogP contribution in [0.5, 0.6) is 11.5 Å². The third-order valence-corrected chi connectivity index (χ3v) is 4.75. The van der Waals surface area contributed by atoms with Crippen LogP contribution in [-0.4, -0.2) is 38.0 Å². The molecule has 1 aliphatic rings. The minimum Gasteiger partial charge on any atom is -0.493 e. The van der Waals surface area contributed by atoms with Gasteiger partial charge in [0, 0.05) is 11.3 Å². The van der Waals surface area contributed by atoms with Gasteiger partial charge in [-0.25, -0.2) is 4.79 Å². The van der Waals surface area contributed by atoms with E-state index in [0.29, 0.717) is 22.7 Å². The highest BCUT2D eigenvalue weighted by molar-refractivity contribution is 6.05. The maximum Gasteiger partial charge on any atom is 0.344 e. The van der Waals surface area contributed by atoms with Crippen molar-refractivity contribution in [2.45, 2.75) is 19.8 Å². The number of hydrogen-bond acceptors (Lipinski definition) is 6. The first-order valence-electron chi connectivity index (χ1n) is 9.50. The van der Waals surface area contributed by atoms with Crippen molar-refractivity contribution in [1.29, 1.82) is 0 Å². The molecule has 0 radical (unpaired) electrons. The third-order valence-electron chi connectivity index (χ3n) is 4.75. The first kappa shape index (κ1) is 21.1. The summed E-state index contributed by atoms with van der Waals surface area (Å²) in [4.78, 5) is 36.1. The monoisotopic (exact) mass is 409 g/mol. The Hall–Kier alpha value is -3.61. The van der Waals surface area contributed by atoms with Gasteiger partial charge in [0.2, 0.25) is 5.91 Å². The largest absolute Gasteiger partial charge is 0.493 e. The number of Topliss-reactive ketones (excluding diaryl/α,β-unsaturated/α-hetero) is 1. The number of ether oxygens (including phenoxy) is 3. The highest BCUT2D eigenvalue weighted by Crippen LogP contribution is 2.32. The molecule has 0 saturated heterocycles. The standard InChI is InChI=1S/C23H23NO6/c1-4-5-15-6-9-20(21(10-15)28-3)29-13-22(26)30-12-19(25)16-7-8-18-17(11-16)14(2)23(27)24-18/h4-11,14H,12-13H2,1-3H3,(H,24,27)/b5-4+/t14-/m1/s1. The van der Waals surface area contributed by atoms with Crippen molar-refractivity contribution in [3.63, 3.8) is 0 Å². The van der Waals surface area contributed by atoms with E-state index in [0.717, 1.165) is 11.1 Å². The molecule has 0 unspecified atom stereocenters. The number of fused-ring (bicyclic) bond motifs is 1. The van der Waals surface area contributed by atoms with Gasteiger partial charge in [-0.2, -0.15) is 0 Å². The van der Waals surface area contributed by atoms with E-state index < -0.39 is 12.6 Å². The van der Waals surface area contributed by atoms with Gasteiger partial charge in [0.1, 0.15) is 0 Å². The highest BCUT2D eigenvalue weighted by Gasteiger charge is 2.27. The second-order valence-electron chi connectivity index (χ2n) is 6.80.